The lowest BCUT2D eigenvalue weighted by molar-refractivity contribution is 0.0863. The molecule has 0 aliphatic heterocycles. The Labute approximate surface area is 93.2 Å². The standard InChI is InChI=1S/C9H16N4O3/c1-7-11-8(13-12-7)9(15)10-3-2-5-16-6-4-14/h14H,2-6H2,1H3,(H,10,15)(H,11,12,13). The summed E-state index contributed by atoms with van der Waals surface area (Å²) in [6.07, 6.45) is 0.690. The second-order valence-corrected chi connectivity index (χ2v) is 3.19. The van der Waals surface area contributed by atoms with Gasteiger partial charge in [0.2, 0.25) is 5.82 Å². The minimum atomic E-state index is -0.300. The fourth-order valence-electron chi connectivity index (χ4n) is 1.07. The van der Waals surface area contributed by atoms with E-state index in [1.807, 2.05) is 0 Å². The number of aliphatic hydroxyl groups is 1. The van der Waals surface area contributed by atoms with Gasteiger partial charge in [0.1, 0.15) is 5.82 Å². The highest BCUT2D eigenvalue weighted by Crippen LogP contribution is 1.90. The largest absolute Gasteiger partial charge is 0.394 e. The first kappa shape index (κ1) is 12.6. The fourth-order valence-corrected chi connectivity index (χ4v) is 1.07. The molecule has 1 rings (SSSR count). The molecule has 0 atom stereocenters. The van der Waals surface area contributed by atoms with Gasteiger partial charge in [0.15, 0.2) is 0 Å². The van der Waals surface area contributed by atoms with E-state index in [1.54, 1.807) is 6.92 Å². The van der Waals surface area contributed by atoms with Crippen LogP contribution in [0.3, 0.4) is 0 Å². The third-order valence-corrected chi connectivity index (χ3v) is 1.79. The number of aromatic amines is 1. The number of hydrogen-bond acceptors (Lipinski definition) is 5. The molecule has 0 fully saturated rings. The monoisotopic (exact) mass is 228 g/mol. The number of H-pyrrole nitrogens is 1. The molecule has 1 aromatic rings. The molecular weight excluding hydrogens is 212 g/mol. The summed E-state index contributed by atoms with van der Waals surface area (Å²) in [5.41, 5.74) is 0. The molecule has 16 heavy (non-hydrogen) atoms. The number of aliphatic hydroxyl groups excluding tert-OH is 1. The molecule has 7 heteroatoms. The quantitative estimate of drug-likeness (QED) is 0.533. The highest BCUT2D eigenvalue weighted by Gasteiger charge is 2.09. The Bertz CT molecular complexity index is 326. The van der Waals surface area contributed by atoms with Crippen LogP contribution in [0.15, 0.2) is 0 Å². The fraction of sp³-hybridized carbons (Fsp3) is 0.667. The van der Waals surface area contributed by atoms with Crippen LogP contribution < -0.4 is 5.32 Å². The molecule has 7 nitrogen and oxygen atoms in total. The van der Waals surface area contributed by atoms with Gasteiger partial charge in [0, 0.05) is 13.2 Å². The molecule has 1 aromatic heterocycles. The number of carbonyl (C=O) groups excluding carboxylic acids is 1. The van der Waals surface area contributed by atoms with Crippen molar-refractivity contribution in [3.05, 3.63) is 11.6 Å². The maximum atomic E-state index is 11.4. The number of aryl methyl sites for hydroxylation is 1. The van der Waals surface area contributed by atoms with E-state index in [2.05, 4.69) is 20.5 Å². The molecule has 0 radical (unpaired) electrons. The minimum absolute atomic E-state index is 0.0167. The van der Waals surface area contributed by atoms with Crippen molar-refractivity contribution in [3.8, 4) is 0 Å². The Morgan fingerprint density at radius 1 is 1.56 bits per heavy atom. The Kier molecular flexibility index (Phi) is 5.44. The van der Waals surface area contributed by atoms with Gasteiger partial charge in [-0.1, -0.05) is 0 Å². The number of carbonyl (C=O) groups is 1. The number of hydrogen-bond donors (Lipinski definition) is 3. The molecule has 1 heterocycles. The highest BCUT2D eigenvalue weighted by molar-refractivity contribution is 5.90. The van der Waals surface area contributed by atoms with Crippen molar-refractivity contribution in [1.82, 2.24) is 20.5 Å². The van der Waals surface area contributed by atoms with Crippen LogP contribution in [0.25, 0.3) is 0 Å². The second kappa shape index (κ2) is 6.91. The Balaban J connectivity index is 2.11. The molecular formula is C9H16N4O3. The first-order valence-electron chi connectivity index (χ1n) is 5.10. The van der Waals surface area contributed by atoms with Crippen molar-refractivity contribution in [2.24, 2.45) is 0 Å². The van der Waals surface area contributed by atoms with Crippen molar-refractivity contribution in [2.45, 2.75) is 13.3 Å². The molecule has 0 spiro atoms. The summed E-state index contributed by atoms with van der Waals surface area (Å²) in [5, 5.41) is 17.4. The van der Waals surface area contributed by atoms with Crippen LogP contribution in [-0.4, -0.2) is 52.6 Å². The van der Waals surface area contributed by atoms with Crippen LogP contribution >= 0.6 is 0 Å². The van der Waals surface area contributed by atoms with Gasteiger partial charge in [-0.05, 0) is 13.3 Å². The number of nitrogens with zero attached hydrogens (tertiary/aromatic N) is 2. The molecule has 90 valence electrons. The zero-order valence-electron chi connectivity index (χ0n) is 9.19. The number of rotatable bonds is 7. The molecule has 0 bridgehead atoms. The van der Waals surface area contributed by atoms with Gasteiger partial charge in [-0.3, -0.25) is 9.89 Å². The van der Waals surface area contributed by atoms with E-state index in [-0.39, 0.29) is 18.3 Å². The van der Waals surface area contributed by atoms with E-state index < -0.39 is 0 Å². The minimum Gasteiger partial charge on any atom is -0.394 e. The van der Waals surface area contributed by atoms with E-state index in [0.717, 1.165) is 0 Å². The topological polar surface area (TPSA) is 100 Å². The molecule has 0 aliphatic rings. The van der Waals surface area contributed by atoms with Crippen LogP contribution in [0.4, 0.5) is 0 Å². The van der Waals surface area contributed by atoms with Crippen LogP contribution in [0.2, 0.25) is 0 Å². The lowest BCUT2D eigenvalue weighted by Gasteiger charge is -2.03. The maximum Gasteiger partial charge on any atom is 0.290 e. The molecule has 0 aromatic carbocycles. The lowest BCUT2D eigenvalue weighted by Crippen LogP contribution is -2.26. The summed E-state index contributed by atoms with van der Waals surface area (Å²) in [6.45, 7) is 3.08. The average molecular weight is 228 g/mol. The van der Waals surface area contributed by atoms with E-state index in [0.29, 0.717) is 32.0 Å². The predicted octanol–water partition coefficient (Wildman–Crippen LogP) is -0.758. The van der Waals surface area contributed by atoms with Crippen molar-refractivity contribution >= 4 is 5.91 Å². The summed E-state index contributed by atoms with van der Waals surface area (Å²) in [4.78, 5) is 15.3. The molecule has 0 unspecified atom stereocenters. The zero-order chi connectivity index (χ0) is 11.8. The molecule has 1 amide bonds. The van der Waals surface area contributed by atoms with Gasteiger partial charge < -0.3 is 15.2 Å². The number of amides is 1. The Morgan fingerprint density at radius 3 is 3.00 bits per heavy atom. The number of aromatic nitrogens is 3. The first-order chi connectivity index (χ1) is 7.74. The Hall–Kier alpha value is -1.47. The summed E-state index contributed by atoms with van der Waals surface area (Å²) < 4.78 is 5.04. The summed E-state index contributed by atoms with van der Waals surface area (Å²) >= 11 is 0. The lowest BCUT2D eigenvalue weighted by atomic mass is 10.4. The van der Waals surface area contributed by atoms with Gasteiger partial charge in [-0.15, -0.1) is 5.10 Å². The van der Waals surface area contributed by atoms with Crippen molar-refractivity contribution in [3.63, 3.8) is 0 Å². The average Bonchev–Trinajstić information content (AvgIpc) is 2.70. The summed E-state index contributed by atoms with van der Waals surface area (Å²) in [7, 11) is 0. The van der Waals surface area contributed by atoms with Gasteiger partial charge in [0.05, 0.1) is 13.2 Å². The van der Waals surface area contributed by atoms with Gasteiger partial charge in [-0.2, -0.15) is 0 Å². The van der Waals surface area contributed by atoms with Crippen LogP contribution in [0, 0.1) is 6.92 Å². The molecule has 0 aliphatic carbocycles. The third kappa shape index (κ3) is 4.37. The number of nitrogens with one attached hydrogen (secondary N) is 2. The maximum absolute atomic E-state index is 11.4. The van der Waals surface area contributed by atoms with Crippen LogP contribution in [-0.2, 0) is 4.74 Å². The van der Waals surface area contributed by atoms with E-state index in [1.165, 1.54) is 0 Å². The van der Waals surface area contributed by atoms with E-state index in [9.17, 15) is 4.79 Å². The van der Waals surface area contributed by atoms with Gasteiger partial charge in [-0.25, -0.2) is 4.98 Å². The van der Waals surface area contributed by atoms with Crippen molar-refractivity contribution in [2.75, 3.05) is 26.4 Å². The van der Waals surface area contributed by atoms with Crippen molar-refractivity contribution in [1.29, 1.82) is 0 Å². The van der Waals surface area contributed by atoms with E-state index >= 15 is 0 Å². The summed E-state index contributed by atoms with van der Waals surface area (Å²) in [6, 6.07) is 0. The second-order valence-electron chi connectivity index (χ2n) is 3.19. The first-order valence-corrected chi connectivity index (χ1v) is 5.10. The van der Waals surface area contributed by atoms with Gasteiger partial charge >= 0.3 is 0 Å². The SMILES string of the molecule is Cc1nc(C(=O)NCCCOCCO)n[nH]1. The summed E-state index contributed by atoms with van der Waals surface area (Å²) in [5.74, 6) is 0.455. The molecule has 0 saturated carbocycles. The molecule has 3 N–H and O–H groups in total. The van der Waals surface area contributed by atoms with Crippen LogP contribution in [0.1, 0.15) is 22.9 Å². The van der Waals surface area contributed by atoms with Crippen molar-refractivity contribution < 1.29 is 14.6 Å². The predicted molar refractivity (Wildman–Crippen MR) is 56.0 cm³/mol. The van der Waals surface area contributed by atoms with Crippen LogP contribution in [0.5, 0.6) is 0 Å². The van der Waals surface area contributed by atoms with Gasteiger partial charge in [0.25, 0.3) is 5.91 Å². The number of ether oxygens (including phenoxy) is 1. The Morgan fingerprint density at radius 2 is 2.38 bits per heavy atom. The zero-order valence-corrected chi connectivity index (χ0v) is 9.19. The van der Waals surface area contributed by atoms with E-state index in [4.69, 9.17) is 9.84 Å². The third-order valence-electron chi connectivity index (χ3n) is 1.79. The smallest absolute Gasteiger partial charge is 0.290 e. The highest BCUT2D eigenvalue weighted by atomic mass is 16.5. The normalized spacial score (nSPS) is 10.4. The molecule has 0 saturated heterocycles.